The van der Waals surface area contributed by atoms with Gasteiger partial charge in [-0.1, -0.05) is 30.3 Å². The van der Waals surface area contributed by atoms with Crippen LogP contribution in [0.1, 0.15) is 31.7 Å². The monoisotopic (exact) mass is 233 g/mol. The molecule has 17 heavy (non-hydrogen) atoms. The van der Waals surface area contributed by atoms with Gasteiger partial charge in [-0.25, -0.2) is 0 Å². The van der Waals surface area contributed by atoms with Crippen LogP contribution in [0.4, 0.5) is 0 Å². The van der Waals surface area contributed by atoms with Crippen molar-refractivity contribution in [2.24, 2.45) is 0 Å². The Morgan fingerprint density at radius 3 is 2.71 bits per heavy atom. The van der Waals surface area contributed by atoms with E-state index in [-0.39, 0.29) is 0 Å². The van der Waals surface area contributed by atoms with Gasteiger partial charge in [0.15, 0.2) is 0 Å². The van der Waals surface area contributed by atoms with E-state index in [1.807, 2.05) is 7.11 Å². The van der Waals surface area contributed by atoms with Gasteiger partial charge in [-0.15, -0.1) is 0 Å². The van der Waals surface area contributed by atoms with Crippen molar-refractivity contribution in [2.45, 2.75) is 50.8 Å². The molecular formula is C15H23NO. The molecule has 0 amide bonds. The zero-order valence-corrected chi connectivity index (χ0v) is 10.9. The summed E-state index contributed by atoms with van der Waals surface area (Å²) in [6, 6.07) is 11.9. The van der Waals surface area contributed by atoms with Crippen LogP contribution in [-0.4, -0.2) is 25.3 Å². The van der Waals surface area contributed by atoms with Crippen molar-refractivity contribution >= 4 is 0 Å². The molecule has 0 heterocycles. The standard InChI is InChI=1S/C15H23NO/c1-12(10-13-6-4-3-5-7-13)16-14-8-9-15(11-14)17-2/h3-7,12,14-16H,8-11H2,1-2H3. The first kappa shape index (κ1) is 12.6. The van der Waals surface area contributed by atoms with Crippen molar-refractivity contribution in [1.29, 1.82) is 0 Å². The Bertz CT molecular complexity index is 325. The second kappa shape index (κ2) is 6.18. The molecule has 0 aliphatic heterocycles. The van der Waals surface area contributed by atoms with Crippen molar-refractivity contribution in [3.63, 3.8) is 0 Å². The molecule has 1 fully saturated rings. The van der Waals surface area contributed by atoms with Crippen LogP contribution in [0.5, 0.6) is 0 Å². The van der Waals surface area contributed by atoms with E-state index < -0.39 is 0 Å². The summed E-state index contributed by atoms with van der Waals surface area (Å²) >= 11 is 0. The fraction of sp³-hybridized carbons (Fsp3) is 0.600. The Morgan fingerprint density at radius 1 is 1.29 bits per heavy atom. The molecule has 0 spiro atoms. The number of hydrogen-bond acceptors (Lipinski definition) is 2. The first-order valence-corrected chi connectivity index (χ1v) is 6.60. The van der Waals surface area contributed by atoms with E-state index in [1.54, 1.807) is 0 Å². The Morgan fingerprint density at radius 2 is 2.06 bits per heavy atom. The Balaban J connectivity index is 1.76. The van der Waals surface area contributed by atoms with Crippen molar-refractivity contribution in [3.8, 4) is 0 Å². The molecule has 2 nitrogen and oxygen atoms in total. The molecule has 1 aliphatic carbocycles. The van der Waals surface area contributed by atoms with E-state index in [9.17, 15) is 0 Å². The van der Waals surface area contributed by atoms with Gasteiger partial charge in [0.05, 0.1) is 6.10 Å². The average molecular weight is 233 g/mol. The van der Waals surface area contributed by atoms with Gasteiger partial charge in [0, 0.05) is 19.2 Å². The minimum absolute atomic E-state index is 0.469. The normalized spacial score (nSPS) is 26.0. The number of nitrogens with one attached hydrogen (secondary N) is 1. The van der Waals surface area contributed by atoms with Crippen LogP contribution >= 0.6 is 0 Å². The van der Waals surface area contributed by atoms with Crippen LogP contribution in [0, 0.1) is 0 Å². The maximum absolute atomic E-state index is 5.40. The fourth-order valence-corrected chi connectivity index (χ4v) is 2.73. The van der Waals surface area contributed by atoms with Crippen LogP contribution < -0.4 is 5.32 Å². The highest BCUT2D eigenvalue weighted by molar-refractivity contribution is 5.15. The van der Waals surface area contributed by atoms with E-state index in [4.69, 9.17) is 4.74 Å². The Kier molecular flexibility index (Phi) is 4.57. The van der Waals surface area contributed by atoms with Gasteiger partial charge in [-0.2, -0.15) is 0 Å². The molecular weight excluding hydrogens is 210 g/mol. The minimum atomic E-state index is 0.469. The van der Waals surface area contributed by atoms with Crippen LogP contribution in [-0.2, 0) is 11.2 Å². The summed E-state index contributed by atoms with van der Waals surface area (Å²) in [5, 5.41) is 3.71. The zero-order chi connectivity index (χ0) is 12.1. The molecule has 1 N–H and O–H groups in total. The van der Waals surface area contributed by atoms with E-state index in [0.717, 1.165) is 12.8 Å². The Labute approximate surface area is 104 Å². The summed E-state index contributed by atoms with van der Waals surface area (Å²) in [5.74, 6) is 0. The van der Waals surface area contributed by atoms with Crippen LogP contribution in [0.3, 0.4) is 0 Å². The first-order chi connectivity index (χ1) is 8.28. The second-order valence-corrected chi connectivity index (χ2v) is 5.13. The number of rotatable bonds is 5. The fourth-order valence-electron chi connectivity index (χ4n) is 2.73. The quantitative estimate of drug-likeness (QED) is 0.844. The molecule has 2 heteroatoms. The van der Waals surface area contributed by atoms with Crippen molar-refractivity contribution < 1.29 is 4.74 Å². The number of ether oxygens (including phenoxy) is 1. The lowest BCUT2D eigenvalue weighted by molar-refractivity contribution is 0.106. The molecule has 3 atom stereocenters. The van der Waals surface area contributed by atoms with Gasteiger partial charge >= 0.3 is 0 Å². The molecule has 0 bridgehead atoms. The van der Waals surface area contributed by atoms with Gasteiger partial charge in [0.25, 0.3) is 0 Å². The largest absolute Gasteiger partial charge is 0.381 e. The smallest absolute Gasteiger partial charge is 0.0586 e. The molecule has 0 saturated heterocycles. The summed E-state index contributed by atoms with van der Waals surface area (Å²) in [6.45, 7) is 2.27. The van der Waals surface area contributed by atoms with Crippen molar-refractivity contribution in [2.75, 3.05) is 7.11 Å². The summed E-state index contributed by atoms with van der Waals surface area (Å²) < 4.78 is 5.40. The van der Waals surface area contributed by atoms with Crippen molar-refractivity contribution in [3.05, 3.63) is 35.9 Å². The van der Waals surface area contributed by atoms with Crippen LogP contribution in [0.15, 0.2) is 30.3 Å². The van der Waals surface area contributed by atoms with E-state index in [2.05, 4.69) is 42.6 Å². The van der Waals surface area contributed by atoms with Gasteiger partial charge < -0.3 is 10.1 Å². The molecule has 1 aromatic carbocycles. The molecule has 0 aromatic heterocycles. The van der Waals surface area contributed by atoms with E-state index in [0.29, 0.717) is 18.2 Å². The lowest BCUT2D eigenvalue weighted by Crippen LogP contribution is -2.36. The zero-order valence-electron chi connectivity index (χ0n) is 10.9. The maximum atomic E-state index is 5.40. The van der Waals surface area contributed by atoms with Gasteiger partial charge in [-0.05, 0) is 38.2 Å². The topological polar surface area (TPSA) is 21.3 Å². The summed E-state index contributed by atoms with van der Waals surface area (Å²) in [7, 11) is 1.82. The molecule has 1 saturated carbocycles. The van der Waals surface area contributed by atoms with E-state index in [1.165, 1.54) is 18.4 Å². The van der Waals surface area contributed by atoms with Gasteiger partial charge in [0.1, 0.15) is 0 Å². The molecule has 1 aromatic rings. The highest BCUT2D eigenvalue weighted by Gasteiger charge is 2.25. The summed E-state index contributed by atoms with van der Waals surface area (Å²) in [4.78, 5) is 0. The summed E-state index contributed by atoms with van der Waals surface area (Å²) in [6.07, 6.45) is 5.19. The van der Waals surface area contributed by atoms with Crippen molar-refractivity contribution in [1.82, 2.24) is 5.32 Å². The summed E-state index contributed by atoms with van der Waals surface area (Å²) in [5.41, 5.74) is 1.41. The van der Waals surface area contributed by atoms with Gasteiger partial charge in [0.2, 0.25) is 0 Å². The molecule has 94 valence electrons. The molecule has 2 rings (SSSR count). The first-order valence-electron chi connectivity index (χ1n) is 6.60. The minimum Gasteiger partial charge on any atom is -0.381 e. The van der Waals surface area contributed by atoms with E-state index >= 15 is 0 Å². The SMILES string of the molecule is COC1CCC(NC(C)Cc2ccccc2)C1. The third-order valence-corrected chi connectivity index (χ3v) is 3.62. The third-order valence-electron chi connectivity index (χ3n) is 3.62. The molecule has 1 aliphatic rings. The lowest BCUT2D eigenvalue weighted by atomic mass is 10.1. The van der Waals surface area contributed by atoms with Crippen LogP contribution in [0.25, 0.3) is 0 Å². The lowest BCUT2D eigenvalue weighted by Gasteiger charge is -2.19. The predicted octanol–water partition coefficient (Wildman–Crippen LogP) is 2.77. The van der Waals surface area contributed by atoms with Crippen LogP contribution in [0.2, 0.25) is 0 Å². The molecule has 0 radical (unpaired) electrons. The highest BCUT2D eigenvalue weighted by atomic mass is 16.5. The second-order valence-electron chi connectivity index (χ2n) is 5.13. The Hall–Kier alpha value is -0.860. The average Bonchev–Trinajstić information content (AvgIpc) is 2.78. The third kappa shape index (κ3) is 3.83. The maximum Gasteiger partial charge on any atom is 0.0586 e. The highest BCUT2D eigenvalue weighted by Crippen LogP contribution is 2.22. The molecule has 3 unspecified atom stereocenters. The number of hydrogen-bond donors (Lipinski definition) is 1. The number of benzene rings is 1. The predicted molar refractivity (Wildman–Crippen MR) is 71.2 cm³/mol. The van der Waals surface area contributed by atoms with Gasteiger partial charge in [-0.3, -0.25) is 0 Å². The number of methoxy groups -OCH3 is 1.